The van der Waals surface area contributed by atoms with E-state index in [9.17, 15) is 0 Å². The first-order valence-corrected chi connectivity index (χ1v) is 6.36. The molecule has 0 saturated heterocycles. The molecule has 1 heteroatoms. The van der Waals surface area contributed by atoms with Gasteiger partial charge in [-0.1, -0.05) is 40.2 Å². The van der Waals surface area contributed by atoms with Crippen molar-refractivity contribution in [3.8, 4) is 0 Å². The van der Waals surface area contributed by atoms with Crippen LogP contribution in [0.15, 0.2) is 24.3 Å². The molecule has 2 atom stereocenters. The monoisotopic (exact) mass is 252 g/mol. The van der Waals surface area contributed by atoms with Crippen molar-refractivity contribution < 1.29 is 0 Å². The minimum Gasteiger partial charge on any atom is -0.0891 e. The third kappa shape index (κ3) is 2.38. The molecule has 0 aromatic heterocycles. The molecule has 0 N–H and O–H groups in total. The van der Waals surface area contributed by atoms with Crippen LogP contribution in [0, 0.1) is 12.8 Å². The second-order valence-electron chi connectivity index (χ2n) is 4.41. The van der Waals surface area contributed by atoms with Crippen LogP contribution in [0.25, 0.3) is 0 Å². The molecular weight excluding hydrogens is 236 g/mol. The van der Waals surface area contributed by atoms with Gasteiger partial charge < -0.3 is 0 Å². The average molecular weight is 253 g/mol. The molecular formula is C13H17Br. The minimum absolute atomic E-state index is 0.775. The lowest BCUT2D eigenvalue weighted by Gasteiger charge is -2.11. The summed E-state index contributed by atoms with van der Waals surface area (Å²) in [5.74, 6) is 0.903. The summed E-state index contributed by atoms with van der Waals surface area (Å²) in [6.07, 6.45) is 5.38. The molecule has 0 radical (unpaired) electrons. The van der Waals surface area contributed by atoms with Gasteiger partial charge in [0.2, 0.25) is 0 Å². The normalized spacial score (nSPS) is 26.7. The predicted molar refractivity (Wildman–Crippen MR) is 64.9 cm³/mol. The van der Waals surface area contributed by atoms with E-state index in [1.807, 2.05) is 0 Å². The zero-order valence-corrected chi connectivity index (χ0v) is 10.3. The van der Waals surface area contributed by atoms with E-state index in [4.69, 9.17) is 0 Å². The van der Waals surface area contributed by atoms with Crippen LogP contribution >= 0.6 is 15.9 Å². The van der Waals surface area contributed by atoms with Crippen molar-refractivity contribution >= 4 is 15.9 Å². The molecule has 2 unspecified atom stereocenters. The van der Waals surface area contributed by atoms with Crippen molar-refractivity contribution in [3.63, 3.8) is 0 Å². The molecule has 0 heterocycles. The molecule has 1 aromatic carbocycles. The Balaban J connectivity index is 2.01. The quantitative estimate of drug-likeness (QED) is 0.696. The third-order valence-corrected chi connectivity index (χ3v) is 4.08. The van der Waals surface area contributed by atoms with Gasteiger partial charge in [0, 0.05) is 4.83 Å². The maximum atomic E-state index is 3.71. The summed E-state index contributed by atoms with van der Waals surface area (Å²) in [7, 11) is 0. The zero-order valence-electron chi connectivity index (χ0n) is 8.67. The summed E-state index contributed by atoms with van der Waals surface area (Å²) in [4.78, 5) is 0.775. The van der Waals surface area contributed by atoms with Gasteiger partial charge in [-0.3, -0.25) is 0 Å². The summed E-state index contributed by atoms with van der Waals surface area (Å²) in [6, 6.07) is 8.77. The van der Waals surface area contributed by atoms with Crippen LogP contribution < -0.4 is 0 Å². The molecule has 1 aliphatic rings. The third-order valence-electron chi connectivity index (χ3n) is 3.25. The standard InChI is InChI=1S/C13H17Br/c1-10-4-2-3-5-12(10)8-11-6-7-13(14)9-11/h2-5,11,13H,6-9H2,1H3. The van der Waals surface area contributed by atoms with Gasteiger partial charge in [-0.05, 0) is 49.7 Å². The van der Waals surface area contributed by atoms with Crippen molar-refractivity contribution in [3.05, 3.63) is 35.4 Å². The van der Waals surface area contributed by atoms with E-state index in [0.717, 1.165) is 10.7 Å². The molecule has 2 rings (SSSR count). The Bertz CT molecular complexity index is 306. The SMILES string of the molecule is Cc1ccccc1CC1CCC(Br)C1. The van der Waals surface area contributed by atoms with Crippen molar-refractivity contribution in [2.45, 2.75) is 37.4 Å². The highest BCUT2D eigenvalue weighted by Gasteiger charge is 2.22. The summed E-state index contributed by atoms with van der Waals surface area (Å²) in [5.41, 5.74) is 2.99. The summed E-state index contributed by atoms with van der Waals surface area (Å²) in [5, 5.41) is 0. The molecule has 0 spiro atoms. The lowest BCUT2D eigenvalue weighted by atomic mass is 9.95. The highest BCUT2D eigenvalue weighted by atomic mass is 79.9. The molecule has 14 heavy (non-hydrogen) atoms. The van der Waals surface area contributed by atoms with Crippen molar-refractivity contribution in [1.29, 1.82) is 0 Å². The summed E-state index contributed by atoms with van der Waals surface area (Å²) in [6.45, 7) is 2.22. The fourth-order valence-electron chi connectivity index (χ4n) is 2.35. The van der Waals surface area contributed by atoms with Gasteiger partial charge in [-0.2, -0.15) is 0 Å². The molecule has 76 valence electrons. The molecule has 0 aliphatic heterocycles. The van der Waals surface area contributed by atoms with Gasteiger partial charge in [0.25, 0.3) is 0 Å². The number of alkyl halides is 1. The minimum atomic E-state index is 0.775. The largest absolute Gasteiger partial charge is 0.0891 e. The first-order valence-electron chi connectivity index (χ1n) is 5.44. The Morgan fingerprint density at radius 2 is 2.07 bits per heavy atom. The lowest BCUT2D eigenvalue weighted by Crippen LogP contribution is -2.01. The number of halogens is 1. The van der Waals surface area contributed by atoms with Crippen molar-refractivity contribution in [2.24, 2.45) is 5.92 Å². The Labute approximate surface area is 94.8 Å². The van der Waals surface area contributed by atoms with E-state index in [2.05, 4.69) is 47.1 Å². The summed E-state index contributed by atoms with van der Waals surface area (Å²) >= 11 is 3.71. The van der Waals surface area contributed by atoms with E-state index in [1.165, 1.54) is 31.2 Å². The number of benzene rings is 1. The van der Waals surface area contributed by atoms with Gasteiger partial charge in [0.05, 0.1) is 0 Å². The number of aryl methyl sites for hydroxylation is 1. The average Bonchev–Trinajstić information content (AvgIpc) is 2.56. The predicted octanol–water partition coefficient (Wildman–Crippen LogP) is 4.10. The first kappa shape index (κ1) is 10.2. The number of rotatable bonds is 2. The molecule has 1 aromatic rings. The van der Waals surface area contributed by atoms with Crippen LogP contribution in [-0.2, 0) is 6.42 Å². The topological polar surface area (TPSA) is 0 Å². The van der Waals surface area contributed by atoms with E-state index < -0.39 is 0 Å². The van der Waals surface area contributed by atoms with Crippen LogP contribution in [0.1, 0.15) is 30.4 Å². The maximum absolute atomic E-state index is 3.71. The fourth-order valence-corrected chi connectivity index (χ4v) is 3.14. The van der Waals surface area contributed by atoms with Gasteiger partial charge in [0.15, 0.2) is 0 Å². The second kappa shape index (κ2) is 4.48. The van der Waals surface area contributed by atoms with E-state index in [0.29, 0.717) is 0 Å². The first-order chi connectivity index (χ1) is 6.75. The van der Waals surface area contributed by atoms with Crippen LogP contribution in [0.3, 0.4) is 0 Å². The Morgan fingerprint density at radius 1 is 1.29 bits per heavy atom. The smallest absolute Gasteiger partial charge is 0.0148 e. The van der Waals surface area contributed by atoms with Crippen LogP contribution in [0.4, 0.5) is 0 Å². The molecule has 0 bridgehead atoms. The van der Waals surface area contributed by atoms with Crippen LogP contribution in [0.2, 0.25) is 0 Å². The Hall–Kier alpha value is -0.300. The second-order valence-corrected chi connectivity index (χ2v) is 5.70. The van der Waals surface area contributed by atoms with Gasteiger partial charge in [-0.25, -0.2) is 0 Å². The lowest BCUT2D eigenvalue weighted by molar-refractivity contribution is 0.547. The fraction of sp³-hybridized carbons (Fsp3) is 0.538. The van der Waals surface area contributed by atoms with E-state index in [-0.39, 0.29) is 0 Å². The number of hydrogen-bond donors (Lipinski definition) is 0. The molecule has 1 fully saturated rings. The van der Waals surface area contributed by atoms with E-state index >= 15 is 0 Å². The van der Waals surface area contributed by atoms with E-state index in [1.54, 1.807) is 5.56 Å². The van der Waals surface area contributed by atoms with Crippen LogP contribution in [0.5, 0.6) is 0 Å². The Morgan fingerprint density at radius 3 is 2.71 bits per heavy atom. The summed E-state index contributed by atoms with van der Waals surface area (Å²) < 4.78 is 0. The zero-order chi connectivity index (χ0) is 9.97. The maximum Gasteiger partial charge on any atom is 0.0148 e. The molecule has 0 nitrogen and oxygen atoms in total. The molecule has 1 saturated carbocycles. The highest BCUT2D eigenvalue weighted by Crippen LogP contribution is 2.33. The Kier molecular flexibility index (Phi) is 3.27. The van der Waals surface area contributed by atoms with Crippen LogP contribution in [-0.4, -0.2) is 4.83 Å². The van der Waals surface area contributed by atoms with Crippen molar-refractivity contribution in [2.75, 3.05) is 0 Å². The van der Waals surface area contributed by atoms with Gasteiger partial charge in [-0.15, -0.1) is 0 Å². The molecule has 0 amide bonds. The molecule has 1 aliphatic carbocycles. The van der Waals surface area contributed by atoms with Gasteiger partial charge in [0.1, 0.15) is 0 Å². The van der Waals surface area contributed by atoms with Gasteiger partial charge >= 0.3 is 0 Å². The highest BCUT2D eigenvalue weighted by molar-refractivity contribution is 9.09. The number of hydrogen-bond acceptors (Lipinski definition) is 0. The van der Waals surface area contributed by atoms with Crippen molar-refractivity contribution in [1.82, 2.24) is 0 Å².